The molecule has 1 N–H and O–H groups in total. The molecule has 4 rings (SSSR count). The molecule has 27 heavy (non-hydrogen) atoms. The minimum absolute atomic E-state index is 0. The van der Waals surface area contributed by atoms with E-state index >= 15 is 0 Å². The number of amides is 1. The molecule has 0 aromatic heterocycles. The van der Waals surface area contributed by atoms with Gasteiger partial charge in [-0.3, -0.25) is 9.69 Å². The van der Waals surface area contributed by atoms with Gasteiger partial charge in [0.05, 0.1) is 0 Å². The lowest BCUT2D eigenvalue weighted by atomic mass is 9.91. The molecule has 1 aromatic carbocycles. The Bertz CT molecular complexity index is 607. The third-order valence-electron chi connectivity index (χ3n) is 6.71. The van der Waals surface area contributed by atoms with Crippen LogP contribution in [0.1, 0.15) is 37.7 Å². The van der Waals surface area contributed by atoms with Crippen molar-refractivity contribution in [2.24, 2.45) is 11.3 Å². The van der Waals surface area contributed by atoms with E-state index in [2.05, 4.69) is 45.4 Å². The largest absolute Gasteiger partial charge is 0.341 e. The number of benzene rings is 1. The maximum absolute atomic E-state index is 13.0. The minimum Gasteiger partial charge on any atom is -0.341 e. The van der Waals surface area contributed by atoms with Gasteiger partial charge in [0.25, 0.3) is 0 Å². The molecule has 152 valence electrons. The zero-order valence-corrected chi connectivity index (χ0v) is 17.9. The molecule has 4 nitrogen and oxygen atoms in total. The van der Waals surface area contributed by atoms with E-state index < -0.39 is 0 Å². The Kier molecular flexibility index (Phi) is 7.99. The summed E-state index contributed by atoms with van der Waals surface area (Å²) in [7, 11) is 2.05. The van der Waals surface area contributed by atoms with Crippen LogP contribution >= 0.6 is 24.8 Å². The highest BCUT2D eigenvalue weighted by Gasteiger charge is 2.58. The molecular formula is C21H33Cl2N3O. The molecule has 2 saturated heterocycles. The SMILES string of the molecule is CN(C(=O)C1CC12CCNCC2)C1CCCN(Cc2ccccc2)C1.Cl.Cl. The number of hydrogen-bond donors (Lipinski definition) is 1. The number of hydrogen-bond acceptors (Lipinski definition) is 3. The van der Waals surface area contributed by atoms with E-state index in [9.17, 15) is 4.79 Å². The summed E-state index contributed by atoms with van der Waals surface area (Å²) in [6.07, 6.45) is 5.83. The number of carbonyl (C=O) groups excluding carboxylic acids is 1. The molecule has 2 unspecified atom stereocenters. The van der Waals surface area contributed by atoms with Gasteiger partial charge in [0.15, 0.2) is 0 Å². The fourth-order valence-electron chi connectivity index (χ4n) is 4.93. The van der Waals surface area contributed by atoms with Crippen molar-refractivity contribution < 1.29 is 4.79 Å². The molecule has 1 aromatic rings. The first-order valence-electron chi connectivity index (χ1n) is 9.92. The van der Waals surface area contributed by atoms with Crippen molar-refractivity contribution >= 4 is 30.7 Å². The van der Waals surface area contributed by atoms with Crippen molar-refractivity contribution in [3.8, 4) is 0 Å². The lowest BCUT2D eigenvalue weighted by molar-refractivity contribution is -0.135. The summed E-state index contributed by atoms with van der Waals surface area (Å²) in [6, 6.07) is 11.1. The van der Waals surface area contributed by atoms with Crippen molar-refractivity contribution in [2.75, 3.05) is 33.2 Å². The maximum atomic E-state index is 13.0. The van der Waals surface area contributed by atoms with E-state index in [1.165, 1.54) is 24.8 Å². The van der Waals surface area contributed by atoms with Crippen molar-refractivity contribution in [1.82, 2.24) is 15.1 Å². The van der Waals surface area contributed by atoms with Gasteiger partial charge in [-0.15, -0.1) is 24.8 Å². The number of carbonyl (C=O) groups is 1. The quantitative estimate of drug-likeness (QED) is 0.821. The van der Waals surface area contributed by atoms with Gasteiger partial charge in [0.2, 0.25) is 5.91 Å². The predicted molar refractivity (Wildman–Crippen MR) is 115 cm³/mol. The molecule has 3 aliphatic rings. The first kappa shape index (κ1) is 22.5. The fourth-order valence-corrected chi connectivity index (χ4v) is 4.93. The monoisotopic (exact) mass is 413 g/mol. The van der Waals surface area contributed by atoms with Gasteiger partial charge >= 0.3 is 0 Å². The normalized spacial score (nSPS) is 26.6. The van der Waals surface area contributed by atoms with Gasteiger partial charge in [0, 0.05) is 32.1 Å². The van der Waals surface area contributed by atoms with Crippen LogP contribution in [0.15, 0.2) is 30.3 Å². The van der Waals surface area contributed by atoms with Crippen molar-refractivity contribution in [3.05, 3.63) is 35.9 Å². The Morgan fingerprint density at radius 2 is 1.93 bits per heavy atom. The fraction of sp³-hybridized carbons (Fsp3) is 0.667. The first-order chi connectivity index (χ1) is 12.2. The Morgan fingerprint density at radius 3 is 2.63 bits per heavy atom. The van der Waals surface area contributed by atoms with Crippen LogP contribution in [0.3, 0.4) is 0 Å². The molecule has 1 amide bonds. The molecule has 2 aliphatic heterocycles. The highest BCUT2D eigenvalue weighted by Crippen LogP contribution is 2.59. The Balaban J connectivity index is 0.00000131. The molecule has 0 bridgehead atoms. The van der Waals surface area contributed by atoms with Crippen LogP contribution < -0.4 is 5.32 Å². The van der Waals surface area contributed by atoms with E-state index in [1.54, 1.807) is 0 Å². The molecule has 3 fully saturated rings. The van der Waals surface area contributed by atoms with Gasteiger partial charge in [-0.1, -0.05) is 30.3 Å². The Labute approximate surface area is 175 Å². The van der Waals surface area contributed by atoms with Gasteiger partial charge in [0.1, 0.15) is 0 Å². The highest BCUT2D eigenvalue weighted by atomic mass is 35.5. The zero-order chi connectivity index (χ0) is 17.3. The summed E-state index contributed by atoms with van der Waals surface area (Å²) in [6.45, 7) is 5.33. The number of halogens is 2. The second-order valence-electron chi connectivity index (χ2n) is 8.33. The van der Waals surface area contributed by atoms with E-state index in [-0.39, 0.29) is 24.8 Å². The number of nitrogens with one attached hydrogen (secondary N) is 1. The van der Waals surface area contributed by atoms with E-state index in [0.29, 0.717) is 23.3 Å². The second-order valence-corrected chi connectivity index (χ2v) is 8.33. The van der Waals surface area contributed by atoms with E-state index in [4.69, 9.17) is 0 Å². The van der Waals surface area contributed by atoms with Crippen LogP contribution in [0.4, 0.5) is 0 Å². The van der Waals surface area contributed by atoms with Gasteiger partial charge < -0.3 is 10.2 Å². The smallest absolute Gasteiger partial charge is 0.226 e. The van der Waals surface area contributed by atoms with Gasteiger partial charge in [-0.05, 0) is 62.7 Å². The third kappa shape index (κ3) is 4.97. The average molecular weight is 414 g/mol. The summed E-state index contributed by atoms with van der Waals surface area (Å²) in [5.41, 5.74) is 1.71. The summed E-state index contributed by atoms with van der Waals surface area (Å²) >= 11 is 0. The van der Waals surface area contributed by atoms with E-state index in [1.807, 2.05) is 7.05 Å². The first-order valence-corrected chi connectivity index (χ1v) is 9.92. The summed E-state index contributed by atoms with van der Waals surface area (Å²) < 4.78 is 0. The predicted octanol–water partition coefficient (Wildman–Crippen LogP) is 3.34. The van der Waals surface area contributed by atoms with Crippen LogP contribution in [-0.4, -0.2) is 55.0 Å². The Hall–Kier alpha value is -0.810. The summed E-state index contributed by atoms with van der Waals surface area (Å²) in [4.78, 5) is 17.6. The van der Waals surface area contributed by atoms with Crippen LogP contribution in [0.2, 0.25) is 0 Å². The molecular weight excluding hydrogens is 381 g/mol. The topological polar surface area (TPSA) is 35.6 Å². The standard InChI is InChI=1S/C21H31N3O.2ClH/c1-23(20(25)19-14-21(19)9-11-22-12-10-21)18-8-5-13-24(16-18)15-17-6-3-2-4-7-17;;/h2-4,6-7,18-19,22H,5,8-16H2,1H3;2*1H. The van der Waals surface area contributed by atoms with Crippen LogP contribution in [0.5, 0.6) is 0 Å². The van der Waals surface area contributed by atoms with Crippen LogP contribution in [0.25, 0.3) is 0 Å². The molecule has 6 heteroatoms. The second kappa shape index (κ2) is 9.60. The van der Waals surface area contributed by atoms with Crippen LogP contribution in [-0.2, 0) is 11.3 Å². The molecule has 2 atom stereocenters. The number of rotatable bonds is 4. The number of nitrogens with zero attached hydrogens (tertiary/aromatic N) is 2. The van der Waals surface area contributed by atoms with Gasteiger partial charge in [-0.2, -0.15) is 0 Å². The van der Waals surface area contributed by atoms with Gasteiger partial charge in [-0.25, -0.2) is 0 Å². The molecule has 1 saturated carbocycles. The molecule has 0 radical (unpaired) electrons. The lowest BCUT2D eigenvalue weighted by Crippen LogP contribution is -2.49. The zero-order valence-electron chi connectivity index (χ0n) is 16.2. The van der Waals surface area contributed by atoms with Crippen LogP contribution in [0, 0.1) is 11.3 Å². The lowest BCUT2D eigenvalue weighted by Gasteiger charge is -2.38. The van der Waals surface area contributed by atoms with Crippen molar-refractivity contribution in [1.29, 1.82) is 0 Å². The van der Waals surface area contributed by atoms with E-state index in [0.717, 1.165) is 45.6 Å². The molecule has 1 aliphatic carbocycles. The van der Waals surface area contributed by atoms with Crippen molar-refractivity contribution in [2.45, 2.75) is 44.7 Å². The maximum Gasteiger partial charge on any atom is 0.226 e. The minimum atomic E-state index is 0. The third-order valence-corrected chi connectivity index (χ3v) is 6.71. The number of piperidine rings is 2. The number of likely N-dealkylation sites (N-methyl/N-ethyl adjacent to an activating group) is 1. The average Bonchev–Trinajstić information content (AvgIpc) is 3.35. The molecule has 1 spiro atoms. The van der Waals surface area contributed by atoms with Crippen molar-refractivity contribution in [3.63, 3.8) is 0 Å². The summed E-state index contributed by atoms with van der Waals surface area (Å²) in [5, 5.41) is 3.43. The molecule has 2 heterocycles. The number of likely N-dealkylation sites (tertiary alicyclic amines) is 1. The highest BCUT2D eigenvalue weighted by molar-refractivity contribution is 5.85. The summed E-state index contributed by atoms with van der Waals surface area (Å²) in [5.74, 6) is 0.706. The Morgan fingerprint density at radius 1 is 1.22 bits per heavy atom.